The number of aliphatic carboxylic acids is 1. The maximum Gasteiger partial charge on any atom is 0.317 e. The number of hydrogen-bond acceptors (Lipinski definition) is 4. The van der Waals surface area contributed by atoms with E-state index in [0.29, 0.717) is 13.0 Å². The maximum absolute atomic E-state index is 11.9. The molecule has 19 heavy (non-hydrogen) atoms. The summed E-state index contributed by atoms with van der Waals surface area (Å²) in [4.78, 5) is 24.2. The van der Waals surface area contributed by atoms with Gasteiger partial charge < -0.3 is 15.3 Å². The molecule has 0 aliphatic carbocycles. The van der Waals surface area contributed by atoms with Gasteiger partial charge in [-0.05, 0) is 20.3 Å². The summed E-state index contributed by atoms with van der Waals surface area (Å²) in [5, 5.41) is 11.5. The maximum atomic E-state index is 11.9. The van der Waals surface area contributed by atoms with E-state index in [0.717, 1.165) is 0 Å². The second-order valence-corrected chi connectivity index (χ2v) is 7.64. The number of hydrogen-bond donors (Lipinski definition) is 2. The molecule has 0 bridgehead atoms. The third kappa shape index (κ3) is 4.70. The third-order valence-corrected chi connectivity index (χ3v) is 4.82. The number of carboxylic acids is 1. The van der Waals surface area contributed by atoms with Crippen LogP contribution in [-0.2, 0) is 14.6 Å². The molecule has 2 N–H and O–H groups in total. The molecule has 0 aromatic heterocycles. The van der Waals surface area contributed by atoms with E-state index in [4.69, 9.17) is 5.11 Å². The van der Waals surface area contributed by atoms with Gasteiger partial charge in [-0.25, -0.2) is 13.2 Å². The number of carbonyl (C=O) groups excluding carboxylic acids is 1. The molecule has 0 radical (unpaired) electrons. The van der Waals surface area contributed by atoms with Gasteiger partial charge in [0.15, 0.2) is 9.84 Å². The first kappa shape index (κ1) is 15.7. The van der Waals surface area contributed by atoms with Gasteiger partial charge in [0.2, 0.25) is 0 Å². The van der Waals surface area contributed by atoms with E-state index in [9.17, 15) is 18.0 Å². The summed E-state index contributed by atoms with van der Waals surface area (Å²) in [6.07, 6.45) is 0.415. The normalized spacial score (nSPS) is 19.6. The number of urea groups is 1. The van der Waals surface area contributed by atoms with Crippen molar-refractivity contribution in [2.45, 2.75) is 20.3 Å². The Labute approximate surface area is 112 Å². The van der Waals surface area contributed by atoms with Crippen LogP contribution in [0.2, 0.25) is 0 Å². The summed E-state index contributed by atoms with van der Waals surface area (Å²) in [6, 6.07) is -0.411. The van der Waals surface area contributed by atoms with Crippen LogP contribution in [0.1, 0.15) is 20.3 Å². The predicted octanol–water partition coefficient (Wildman–Crippen LogP) is -0.0727. The fraction of sp³-hybridized carbons (Fsp3) is 0.818. The third-order valence-electron chi connectivity index (χ3n) is 3.10. The van der Waals surface area contributed by atoms with Crippen molar-refractivity contribution in [3.63, 3.8) is 0 Å². The van der Waals surface area contributed by atoms with Crippen LogP contribution in [0.15, 0.2) is 0 Å². The molecular weight excluding hydrogens is 272 g/mol. The van der Waals surface area contributed by atoms with Gasteiger partial charge in [-0.2, -0.15) is 0 Å². The van der Waals surface area contributed by atoms with Crippen LogP contribution in [0.5, 0.6) is 0 Å². The molecule has 0 aromatic carbocycles. The number of nitrogens with zero attached hydrogens (tertiary/aromatic N) is 1. The molecule has 1 fully saturated rings. The average molecular weight is 292 g/mol. The van der Waals surface area contributed by atoms with Crippen molar-refractivity contribution in [2.24, 2.45) is 5.41 Å². The van der Waals surface area contributed by atoms with E-state index < -0.39 is 27.3 Å². The van der Waals surface area contributed by atoms with E-state index in [2.05, 4.69) is 5.32 Å². The lowest BCUT2D eigenvalue weighted by Gasteiger charge is -2.24. The van der Waals surface area contributed by atoms with Gasteiger partial charge in [0, 0.05) is 19.6 Å². The summed E-state index contributed by atoms with van der Waals surface area (Å²) in [5.41, 5.74) is -1.05. The standard InChI is InChI=1S/C11H20N2O5S/c1-11(2,9(14)15)8-12-10(16)13-4-3-6-19(17,18)7-5-13/h3-8H2,1-2H3,(H,12,16)(H,14,15). The molecule has 7 nitrogen and oxygen atoms in total. The van der Waals surface area contributed by atoms with Crippen molar-refractivity contribution in [1.82, 2.24) is 10.2 Å². The Morgan fingerprint density at radius 2 is 1.89 bits per heavy atom. The fourth-order valence-electron chi connectivity index (χ4n) is 1.63. The zero-order valence-corrected chi connectivity index (χ0v) is 12.0. The number of rotatable bonds is 3. The van der Waals surface area contributed by atoms with Crippen molar-refractivity contribution in [1.29, 1.82) is 0 Å². The van der Waals surface area contributed by atoms with Crippen LogP contribution in [0.25, 0.3) is 0 Å². The number of sulfone groups is 1. The van der Waals surface area contributed by atoms with Crippen molar-refractivity contribution >= 4 is 21.8 Å². The Bertz CT molecular complexity index is 458. The molecular formula is C11H20N2O5S. The largest absolute Gasteiger partial charge is 0.481 e. The van der Waals surface area contributed by atoms with E-state index in [1.165, 1.54) is 18.7 Å². The quantitative estimate of drug-likeness (QED) is 0.757. The first-order valence-electron chi connectivity index (χ1n) is 6.11. The Hall–Kier alpha value is -1.31. The van der Waals surface area contributed by atoms with Crippen molar-refractivity contribution in [3.05, 3.63) is 0 Å². The molecule has 2 amide bonds. The number of carboxylic acid groups (broad SMARTS) is 1. The highest BCUT2D eigenvalue weighted by Gasteiger charge is 2.29. The fourth-order valence-corrected chi connectivity index (χ4v) is 2.90. The van der Waals surface area contributed by atoms with Gasteiger partial charge in [0.25, 0.3) is 0 Å². The smallest absolute Gasteiger partial charge is 0.317 e. The summed E-state index contributed by atoms with van der Waals surface area (Å²) >= 11 is 0. The minimum absolute atomic E-state index is 0.00438. The van der Waals surface area contributed by atoms with Crippen molar-refractivity contribution in [3.8, 4) is 0 Å². The average Bonchev–Trinajstić information content (AvgIpc) is 2.47. The second-order valence-electron chi connectivity index (χ2n) is 5.34. The lowest BCUT2D eigenvalue weighted by Crippen LogP contribution is -2.46. The Balaban J connectivity index is 2.53. The Morgan fingerprint density at radius 1 is 1.26 bits per heavy atom. The summed E-state index contributed by atoms with van der Waals surface area (Å²) in [6.45, 7) is 3.57. The van der Waals surface area contributed by atoms with Crippen molar-refractivity contribution in [2.75, 3.05) is 31.1 Å². The molecule has 0 atom stereocenters. The Morgan fingerprint density at radius 3 is 2.47 bits per heavy atom. The molecule has 110 valence electrons. The van der Waals surface area contributed by atoms with E-state index in [1.54, 1.807) is 0 Å². The van der Waals surface area contributed by atoms with Crippen LogP contribution in [-0.4, -0.2) is 61.6 Å². The lowest BCUT2D eigenvalue weighted by atomic mass is 9.94. The molecule has 0 spiro atoms. The zero-order valence-electron chi connectivity index (χ0n) is 11.2. The van der Waals surface area contributed by atoms with Gasteiger partial charge >= 0.3 is 12.0 Å². The van der Waals surface area contributed by atoms with Gasteiger partial charge in [-0.15, -0.1) is 0 Å². The topological polar surface area (TPSA) is 104 Å². The molecule has 0 saturated carbocycles. The molecule has 1 aliphatic heterocycles. The monoisotopic (exact) mass is 292 g/mol. The SMILES string of the molecule is CC(C)(CNC(=O)N1CCCS(=O)(=O)CC1)C(=O)O. The number of carbonyl (C=O) groups is 2. The lowest BCUT2D eigenvalue weighted by molar-refractivity contribution is -0.146. The highest BCUT2D eigenvalue weighted by molar-refractivity contribution is 7.91. The highest BCUT2D eigenvalue weighted by Crippen LogP contribution is 2.13. The molecule has 1 saturated heterocycles. The zero-order chi connectivity index (χ0) is 14.7. The second kappa shape index (κ2) is 5.77. The first-order chi connectivity index (χ1) is 8.64. The summed E-state index contributed by atoms with van der Waals surface area (Å²) in [7, 11) is -3.06. The van der Waals surface area contributed by atoms with Gasteiger partial charge in [-0.3, -0.25) is 4.79 Å². The van der Waals surface area contributed by atoms with Gasteiger partial charge in [-0.1, -0.05) is 0 Å². The van der Waals surface area contributed by atoms with Crippen LogP contribution in [0, 0.1) is 5.41 Å². The minimum atomic E-state index is -3.06. The highest BCUT2D eigenvalue weighted by atomic mass is 32.2. The molecule has 0 unspecified atom stereocenters. The van der Waals surface area contributed by atoms with E-state index in [-0.39, 0.29) is 24.6 Å². The summed E-state index contributed by atoms with van der Waals surface area (Å²) < 4.78 is 22.8. The molecule has 1 rings (SSSR count). The minimum Gasteiger partial charge on any atom is -0.481 e. The Kier molecular flexibility index (Phi) is 4.78. The van der Waals surface area contributed by atoms with E-state index in [1.807, 2.05) is 0 Å². The van der Waals surface area contributed by atoms with Crippen LogP contribution >= 0.6 is 0 Å². The van der Waals surface area contributed by atoms with Crippen LogP contribution < -0.4 is 5.32 Å². The van der Waals surface area contributed by atoms with Crippen LogP contribution in [0.3, 0.4) is 0 Å². The van der Waals surface area contributed by atoms with Gasteiger partial charge in [0.05, 0.1) is 16.9 Å². The van der Waals surface area contributed by atoms with Crippen molar-refractivity contribution < 1.29 is 23.1 Å². The predicted molar refractivity (Wildman–Crippen MR) is 69.7 cm³/mol. The molecule has 0 aromatic rings. The first-order valence-corrected chi connectivity index (χ1v) is 7.93. The molecule has 1 aliphatic rings. The number of nitrogens with one attached hydrogen (secondary N) is 1. The van der Waals surface area contributed by atoms with Gasteiger partial charge in [0.1, 0.15) is 0 Å². The number of amides is 2. The molecule has 8 heteroatoms. The molecule has 1 heterocycles. The van der Waals surface area contributed by atoms with Crippen LogP contribution in [0.4, 0.5) is 4.79 Å². The summed E-state index contributed by atoms with van der Waals surface area (Å²) in [5.74, 6) is -0.939. The van der Waals surface area contributed by atoms with E-state index >= 15 is 0 Å².